The summed E-state index contributed by atoms with van der Waals surface area (Å²) in [6.07, 6.45) is 7.09. The molecule has 0 aromatic rings. The lowest BCUT2D eigenvalue weighted by molar-refractivity contribution is -0.141. The number of carbonyl (C=O) groups excluding carboxylic acids is 1. The Kier molecular flexibility index (Phi) is 4.04. The van der Waals surface area contributed by atoms with Crippen molar-refractivity contribution in [3.8, 4) is 0 Å². The van der Waals surface area contributed by atoms with Gasteiger partial charge in [-0.1, -0.05) is 0 Å². The van der Waals surface area contributed by atoms with Crippen LogP contribution in [0.5, 0.6) is 0 Å². The first-order valence-electron chi connectivity index (χ1n) is 8.33. The zero-order valence-corrected chi connectivity index (χ0v) is 13.0. The quantitative estimate of drug-likeness (QED) is 0.849. The Bertz CT molecular complexity index is 351. The van der Waals surface area contributed by atoms with Gasteiger partial charge in [0.2, 0.25) is 5.91 Å². The van der Waals surface area contributed by atoms with E-state index in [1.165, 1.54) is 25.9 Å². The highest BCUT2D eigenvalue weighted by molar-refractivity contribution is 5.80. The van der Waals surface area contributed by atoms with Crippen molar-refractivity contribution in [3.05, 3.63) is 0 Å². The van der Waals surface area contributed by atoms with Crippen molar-refractivity contribution in [2.75, 3.05) is 33.2 Å². The van der Waals surface area contributed by atoms with Crippen molar-refractivity contribution < 1.29 is 4.79 Å². The molecule has 0 aromatic carbocycles. The summed E-state index contributed by atoms with van der Waals surface area (Å²) in [5.41, 5.74) is 0.348. The second-order valence-electron chi connectivity index (χ2n) is 7.17. The SMILES string of the molecule is CNC1CC(C(=O)N2CCC(C)(N3CCCC3)CC2)C1. The molecule has 3 rings (SSSR count). The van der Waals surface area contributed by atoms with Crippen LogP contribution in [0.2, 0.25) is 0 Å². The first-order valence-corrected chi connectivity index (χ1v) is 8.33. The molecule has 0 unspecified atom stereocenters. The zero-order chi connectivity index (χ0) is 14.2. The largest absolute Gasteiger partial charge is 0.342 e. The Balaban J connectivity index is 1.49. The summed E-state index contributed by atoms with van der Waals surface area (Å²) in [5, 5.41) is 3.26. The number of nitrogens with one attached hydrogen (secondary N) is 1. The molecule has 3 fully saturated rings. The van der Waals surface area contributed by atoms with E-state index < -0.39 is 0 Å². The van der Waals surface area contributed by atoms with E-state index in [1.807, 2.05) is 7.05 Å². The number of nitrogens with zero attached hydrogens (tertiary/aromatic N) is 2. The number of hydrogen-bond acceptors (Lipinski definition) is 3. The van der Waals surface area contributed by atoms with Gasteiger partial charge in [-0.15, -0.1) is 0 Å². The van der Waals surface area contributed by atoms with Crippen molar-refractivity contribution in [1.82, 2.24) is 15.1 Å². The van der Waals surface area contributed by atoms with E-state index in [0.29, 0.717) is 23.4 Å². The van der Waals surface area contributed by atoms with Gasteiger partial charge in [0, 0.05) is 30.6 Å². The zero-order valence-electron chi connectivity index (χ0n) is 13.0. The number of hydrogen-bond donors (Lipinski definition) is 1. The highest BCUT2D eigenvalue weighted by Gasteiger charge is 2.41. The maximum atomic E-state index is 12.5. The molecule has 1 saturated carbocycles. The predicted octanol–water partition coefficient (Wildman–Crippen LogP) is 1.46. The average molecular weight is 279 g/mol. The van der Waals surface area contributed by atoms with Crippen molar-refractivity contribution >= 4 is 5.91 Å². The van der Waals surface area contributed by atoms with Gasteiger partial charge in [0.25, 0.3) is 0 Å². The van der Waals surface area contributed by atoms with Crippen LogP contribution in [0.25, 0.3) is 0 Å². The molecule has 2 saturated heterocycles. The van der Waals surface area contributed by atoms with Gasteiger partial charge >= 0.3 is 0 Å². The summed E-state index contributed by atoms with van der Waals surface area (Å²) in [4.78, 5) is 17.3. The van der Waals surface area contributed by atoms with Gasteiger partial charge in [0.1, 0.15) is 0 Å². The molecule has 2 heterocycles. The fraction of sp³-hybridized carbons (Fsp3) is 0.938. The molecule has 0 radical (unpaired) electrons. The number of amides is 1. The third-order valence-electron chi connectivity index (χ3n) is 5.92. The number of rotatable bonds is 3. The molecule has 0 atom stereocenters. The van der Waals surface area contributed by atoms with Gasteiger partial charge in [-0.2, -0.15) is 0 Å². The molecule has 1 aliphatic carbocycles. The van der Waals surface area contributed by atoms with Gasteiger partial charge in [-0.25, -0.2) is 0 Å². The van der Waals surface area contributed by atoms with Gasteiger partial charge < -0.3 is 10.2 Å². The number of piperidine rings is 1. The average Bonchev–Trinajstić information content (AvgIpc) is 2.93. The van der Waals surface area contributed by atoms with E-state index >= 15 is 0 Å². The third-order valence-corrected chi connectivity index (χ3v) is 5.92. The molecule has 114 valence electrons. The Labute approximate surface area is 122 Å². The van der Waals surface area contributed by atoms with Crippen LogP contribution >= 0.6 is 0 Å². The lowest BCUT2D eigenvalue weighted by Gasteiger charge is -2.47. The molecule has 0 aromatic heterocycles. The first kappa shape index (κ1) is 14.3. The smallest absolute Gasteiger partial charge is 0.225 e. The van der Waals surface area contributed by atoms with E-state index in [9.17, 15) is 4.79 Å². The molecular formula is C16H29N3O. The second-order valence-corrected chi connectivity index (χ2v) is 7.17. The normalized spacial score (nSPS) is 34.0. The number of likely N-dealkylation sites (tertiary alicyclic amines) is 2. The number of carbonyl (C=O) groups is 1. The predicted molar refractivity (Wildman–Crippen MR) is 80.6 cm³/mol. The van der Waals surface area contributed by atoms with Crippen molar-refractivity contribution in [3.63, 3.8) is 0 Å². The molecule has 2 aliphatic heterocycles. The monoisotopic (exact) mass is 279 g/mol. The van der Waals surface area contributed by atoms with Crippen LogP contribution < -0.4 is 5.32 Å². The van der Waals surface area contributed by atoms with Crippen LogP contribution in [0, 0.1) is 5.92 Å². The van der Waals surface area contributed by atoms with Crippen LogP contribution in [-0.2, 0) is 4.79 Å². The molecule has 1 amide bonds. The van der Waals surface area contributed by atoms with E-state index in [1.54, 1.807) is 0 Å². The minimum atomic E-state index is 0.295. The Morgan fingerprint density at radius 2 is 1.70 bits per heavy atom. The maximum absolute atomic E-state index is 12.5. The van der Waals surface area contributed by atoms with E-state index in [-0.39, 0.29) is 0 Å². The van der Waals surface area contributed by atoms with Crippen LogP contribution in [0.4, 0.5) is 0 Å². The van der Waals surface area contributed by atoms with Crippen LogP contribution in [-0.4, -0.2) is 60.5 Å². The molecule has 0 spiro atoms. The second kappa shape index (κ2) is 5.64. The van der Waals surface area contributed by atoms with E-state index in [0.717, 1.165) is 38.8 Å². The Hall–Kier alpha value is -0.610. The minimum absolute atomic E-state index is 0.295. The van der Waals surface area contributed by atoms with E-state index in [4.69, 9.17) is 0 Å². The van der Waals surface area contributed by atoms with Crippen LogP contribution in [0.15, 0.2) is 0 Å². The van der Waals surface area contributed by atoms with Gasteiger partial charge in [-0.3, -0.25) is 9.69 Å². The van der Waals surface area contributed by atoms with Crippen LogP contribution in [0.3, 0.4) is 0 Å². The molecule has 4 nitrogen and oxygen atoms in total. The summed E-state index contributed by atoms with van der Waals surface area (Å²) in [5.74, 6) is 0.712. The van der Waals surface area contributed by atoms with E-state index in [2.05, 4.69) is 22.0 Å². The maximum Gasteiger partial charge on any atom is 0.225 e. The molecule has 3 aliphatic rings. The van der Waals surface area contributed by atoms with Gasteiger partial charge in [0.15, 0.2) is 0 Å². The molecule has 4 heteroatoms. The Morgan fingerprint density at radius 1 is 1.10 bits per heavy atom. The summed E-state index contributed by atoms with van der Waals surface area (Å²) < 4.78 is 0. The Morgan fingerprint density at radius 3 is 2.25 bits per heavy atom. The standard InChI is InChI=1S/C16H29N3O/c1-16(19-7-3-4-8-19)5-9-18(10-6-16)15(20)13-11-14(12-13)17-2/h13-14,17H,3-12H2,1-2H3. The highest BCUT2D eigenvalue weighted by atomic mass is 16.2. The van der Waals surface area contributed by atoms with Gasteiger partial charge in [-0.05, 0) is 65.6 Å². The first-order chi connectivity index (χ1) is 9.62. The molecule has 0 bridgehead atoms. The fourth-order valence-corrected chi connectivity index (χ4v) is 4.10. The highest BCUT2D eigenvalue weighted by Crippen LogP contribution is 2.34. The summed E-state index contributed by atoms with van der Waals surface area (Å²) in [6.45, 7) is 6.85. The molecule has 1 N–H and O–H groups in total. The molecular weight excluding hydrogens is 250 g/mol. The fourth-order valence-electron chi connectivity index (χ4n) is 4.10. The lowest BCUT2D eigenvalue weighted by atomic mass is 9.78. The lowest BCUT2D eigenvalue weighted by Crippen LogP contribution is -2.56. The summed E-state index contributed by atoms with van der Waals surface area (Å²) in [7, 11) is 1.99. The summed E-state index contributed by atoms with van der Waals surface area (Å²) in [6, 6.07) is 0.573. The van der Waals surface area contributed by atoms with Gasteiger partial charge in [0.05, 0.1) is 0 Å². The minimum Gasteiger partial charge on any atom is -0.342 e. The topological polar surface area (TPSA) is 35.6 Å². The van der Waals surface area contributed by atoms with Crippen molar-refractivity contribution in [2.45, 2.75) is 57.0 Å². The third kappa shape index (κ3) is 2.60. The summed E-state index contributed by atoms with van der Waals surface area (Å²) >= 11 is 0. The molecule has 20 heavy (non-hydrogen) atoms. The van der Waals surface area contributed by atoms with Crippen LogP contribution in [0.1, 0.15) is 45.4 Å². The van der Waals surface area contributed by atoms with Crippen molar-refractivity contribution in [1.29, 1.82) is 0 Å². The van der Waals surface area contributed by atoms with Crippen molar-refractivity contribution in [2.24, 2.45) is 5.92 Å².